The van der Waals surface area contributed by atoms with Crippen LogP contribution in [0.3, 0.4) is 0 Å². The van der Waals surface area contributed by atoms with E-state index in [4.69, 9.17) is 0 Å². The zero-order chi connectivity index (χ0) is 14.8. The Hall–Kier alpha value is -2.95. The van der Waals surface area contributed by atoms with E-state index in [0.717, 1.165) is 5.56 Å². The van der Waals surface area contributed by atoms with E-state index in [1.165, 1.54) is 6.92 Å². The van der Waals surface area contributed by atoms with E-state index in [2.05, 4.69) is 15.3 Å². The molecule has 2 aromatic carbocycles. The van der Waals surface area contributed by atoms with Crippen molar-refractivity contribution >= 4 is 22.5 Å². The molecule has 0 saturated heterocycles. The highest BCUT2D eigenvalue weighted by Crippen LogP contribution is 2.18. The van der Waals surface area contributed by atoms with Gasteiger partial charge in [0.25, 0.3) is 5.56 Å². The minimum Gasteiger partial charge on any atom is -0.326 e. The smallest absolute Gasteiger partial charge is 0.259 e. The summed E-state index contributed by atoms with van der Waals surface area (Å²) in [5, 5.41) is 3.10. The maximum atomic E-state index is 12.2. The molecule has 1 amide bonds. The molecule has 5 heteroatoms. The van der Waals surface area contributed by atoms with Crippen molar-refractivity contribution in [1.29, 1.82) is 0 Å². The van der Waals surface area contributed by atoms with E-state index in [-0.39, 0.29) is 11.5 Å². The first-order chi connectivity index (χ1) is 10.1. The normalized spacial score (nSPS) is 10.5. The zero-order valence-electron chi connectivity index (χ0n) is 11.4. The van der Waals surface area contributed by atoms with Gasteiger partial charge in [0.2, 0.25) is 5.91 Å². The quantitative estimate of drug-likeness (QED) is 0.757. The Morgan fingerprint density at radius 2 is 1.90 bits per heavy atom. The van der Waals surface area contributed by atoms with Crippen LogP contribution in [0.25, 0.3) is 22.3 Å². The molecule has 1 aromatic heterocycles. The standard InChI is InChI=1S/C16H13N3O2/c1-10(20)17-12-7-8-14-13(9-12)16(21)19-15(18-14)11-5-3-2-4-6-11/h2-9H,1H3,(H,17,20)(H,18,19,21). The Morgan fingerprint density at radius 3 is 2.62 bits per heavy atom. The van der Waals surface area contributed by atoms with Gasteiger partial charge in [-0.2, -0.15) is 0 Å². The van der Waals surface area contributed by atoms with Gasteiger partial charge in [-0.3, -0.25) is 9.59 Å². The van der Waals surface area contributed by atoms with E-state index < -0.39 is 0 Å². The van der Waals surface area contributed by atoms with Crippen molar-refractivity contribution in [3.05, 3.63) is 58.9 Å². The number of carbonyl (C=O) groups is 1. The number of benzene rings is 2. The fourth-order valence-corrected chi connectivity index (χ4v) is 2.15. The highest BCUT2D eigenvalue weighted by atomic mass is 16.1. The Kier molecular flexibility index (Phi) is 3.23. The van der Waals surface area contributed by atoms with Gasteiger partial charge in [0.05, 0.1) is 10.9 Å². The minimum atomic E-state index is -0.231. The molecule has 0 fully saturated rings. The molecule has 0 aliphatic carbocycles. The largest absolute Gasteiger partial charge is 0.326 e. The fraction of sp³-hybridized carbons (Fsp3) is 0.0625. The monoisotopic (exact) mass is 279 g/mol. The van der Waals surface area contributed by atoms with Crippen LogP contribution in [0.4, 0.5) is 5.69 Å². The molecule has 0 bridgehead atoms. The topological polar surface area (TPSA) is 74.8 Å². The van der Waals surface area contributed by atoms with E-state index in [0.29, 0.717) is 22.4 Å². The summed E-state index contributed by atoms with van der Waals surface area (Å²) in [6.07, 6.45) is 0. The van der Waals surface area contributed by atoms with Gasteiger partial charge in [-0.05, 0) is 18.2 Å². The van der Waals surface area contributed by atoms with Crippen LogP contribution in [-0.4, -0.2) is 15.9 Å². The number of nitrogens with one attached hydrogen (secondary N) is 2. The number of H-pyrrole nitrogens is 1. The van der Waals surface area contributed by atoms with Crippen LogP contribution in [0.2, 0.25) is 0 Å². The molecule has 0 radical (unpaired) electrons. The number of rotatable bonds is 2. The highest BCUT2D eigenvalue weighted by molar-refractivity contribution is 5.92. The van der Waals surface area contributed by atoms with Gasteiger partial charge < -0.3 is 10.3 Å². The SMILES string of the molecule is CC(=O)Nc1ccc2nc(-c3ccccc3)[nH]c(=O)c2c1. The van der Waals surface area contributed by atoms with Crippen molar-refractivity contribution in [2.75, 3.05) is 5.32 Å². The molecule has 0 spiro atoms. The van der Waals surface area contributed by atoms with Crippen molar-refractivity contribution in [2.45, 2.75) is 6.92 Å². The second kappa shape index (κ2) is 5.20. The average Bonchev–Trinajstić information content (AvgIpc) is 2.48. The third-order valence-corrected chi connectivity index (χ3v) is 3.07. The van der Waals surface area contributed by atoms with Crippen molar-refractivity contribution in [1.82, 2.24) is 9.97 Å². The van der Waals surface area contributed by atoms with Crippen LogP contribution in [0.1, 0.15) is 6.92 Å². The summed E-state index contributed by atoms with van der Waals surface area (Å²) in [7, 11) is 0. The number of nitrogens with zero attached hydrogens (tertiary/aromatic N) is 1. The molecule has 21 heavy (non-hydrogen) atoms. The molecule has 1 heterocycles. The molecular weight excluding hydrogens is 266 g/mol. The maximum absolute atomic E-state index is 12.2. The Bertz CT molecular complexity index is 870. The number of anilines is 1. The number of carbonyl (C=O) groups excluding carboxylic acids is 1. The predicted octanol–water partition coefficient (Wildman–Crippen LogP) is 2.55. The fourth-order valence-electron chi connectivity index (χ4n) is 2.15. The van der Waals surface area contributed by atoms with Crippen molar-refractivity contribution in [3.63, 3.8) is 0 Å². The number of amides is 1. The predicted molar refractivity (Wildman–Crippen MR) is 82.1 cm³/mol. The third kappa shape index (κ3) is 2.67. The summed E-state index contributed by atoms with van der Waals surface area (Å²) < 4.78 is 0. The van der Waals surface area contributed by atoms with Gasteiger partial charge in [-0.15, -0.1) is 0 Å². The average molecular weight is 279 g/mol. The summed E-state index contributed by atoms with van der Waals surface area (Å²) >= 11 is 0. The summed E-state index contributed by atoms with van der Waals surface area (Å²) in [5.41, 5.74) is 1.79. The van der Waals surface area contributed by atoms with Gasteiger partial charge in [-0.1, -0.05) is 30.3 Å². The highest BCUT2D eigenvalue weighted by Gasteiger charge is 2.07. The Balaban J connectivity index is 2.14. The molecule has 0 saturated carbocycles. The summed E-state index contributed by atoms with van der Waals surface area (Å²) in [4.78, 5) is 30.5. The number of hydrogen-bond acceptors (Lipinski definition) is 3. The van der Waals surface area contributed by atoms with Gasteiger partial charge in [0, 0.05) is 18.2 Å². The number of fused-ring (bicyclic) bond motifs is 1. The second-order valence-electron chi connectivity index (χ2n) is 4.69. The first kappa shape index (κ1) is 13.1. The lowest BCUT2D eigenvalue weighted by atomic mass is 10.2. The molecule has 0 unspecified atom stereocenters. The number of hydrogen-bond donors (Lipinski definition) is 2. The van der Waals surface area contributed by atoms with E-state index in [9.17, 15) is 9.59 Å². The maximum Gasteiger partial charge on any atom is 0.259 e. The van der Waals surface area contributed by atoms with Crippen LogP contribution < -0.4 is 10.9 Å². The van der Waals surface area contributed by atoms with Crippen LogP contribution in [-0.2, 0) is 4.79 Å². The van der Waals surface area contributed by atoms with Crippen molar-refractivity contribution in [2.24, 2.45) is 0 Å². The lowest BCUT2D eigenvalue weighted by Gasteiger charge is -2.05. The Morgan fingerprint density at radius 1 is 1.14 bits per heavy atom. The van der Waals surface area contributed by atoms with E-state index in [1.807, 2.05) is 30.3 Å². The van der Waals surface area contributed by atoms with Crippen LogP contribution in [0.15, 0.2) is 53.3 Å². The Labute approximate surface area is 120 Å². The van der Waals surface area contributed by atoms with E-state index >= 15 is 0 Å². The number of aromatic nitrogens is 2. The number of aromatic amines is 1. The molecule has 3 rings (SSSR count). The summed E-state index contributed by atoms with van der Waals surface area (Å²) in [5.74, 6) is 0.347. The first-order valence-corrected chi connectivity index (χ1v) is 6.50. The van der Waals surface area contributed by atoms with Crippen molar-refractivity contribution in [3.8, 4) is 11.4 Å². The second-order valence-corrected chi connectivity index (χ2v) is 4.69. The van der Waals surface area contributed by atoms with Gasteiger partial charge in [0.15, 0.2) is 0 Å². The van der Waals surface area contributed by atoms with Gasteiger partial charge in [0.1, 0.15) is 5.82 Å². The molecular formula is C16H13N3O2. The molecule has 5 nitrogen and oxygen atoms in total. The molecule has 0 aliphatic rings. The molecule has 3 aromatic rings. The lowest BCUT2D eigenvalue weighted by molar-refractivity contribution is -0.114. The van der Waals surface area contributed by atoms with Crippen LogP contribution >= 0.6 is 0 Å². The molecule has 0 aliphatic heterocycles. The first-order valence-electron chi connectivity index (χ1n) is 6.50. The zero-order valence-corrected chi connectivity index (χ0v) is 11.4. The summed E-state index contributed by atoms with van der Waals surface area (Å²) in [6.45, 7) is 1.42. The van der Waals surface area contributed by atoms with Gasteiger partial charge >= 0.3 is 0 Å². The third-order valence-electron chi connectivity index (χ3n) is 3.07. The summed E-state index contributed by atoms with van der Waals surface area (Å²) in [6, 6.07) is 14.5. The van der Waals surface area contributed by atoms with E-state index in [1.54, 1.807) is 18.2 Å². The van der Waals surface area contributed by atoms with Crippen LogP contribution in [0.5, 0.6) is 0 Å². The molecule has 104 valence electrons. The van der Waals surface area contributed by atoms with Gasteiger partial charge in [-0.25, -0.2) is 4.98 Å². The molecule has 0 atom stereocenters. The lowest BCUT2D eigenvalue weighted by Crippen LogP contribution is -2.11. The minimum absolute atomic E-state index is 0.181. The van der Waals surface area contributed by atoms with Crippen LogP contribution in [0, 0.1) is 0 Å². The molecule has 2 N–H and O–H groups in total. The van der Waals surface area contributed by atoms with Crippen molar-refractivity contribution < 1.29 is 4.79 Å².